The number of hydrogen-bond donors (Lipinski definition) is 1. The molecule has 1 rings (SSSR count). The number of unbranched alkanes of at least 4 members (excludes halogenated alkanes) is 1. The summed E-state index contributed by atoms with van der Waals surface area (Å²) in [4.78, 5) is 16.6. The van der Waals surface area contributed by atoms with E-state index in [1.54, 1.807) is 0 Å². The van der Waals surface area contributed by atoms with Gasteiger partial charge in [0.25, 0.3) is 0 Å². The van der Waals surface area contributed by atoms with Crippen LogP contribution in [0.4, 0.5) is 5.69 Å². The van der Waals surface area contributed by atoms with Gasteiger partial charge in [0, 0.05) is 18.3 Å². The number of hydrogen-bond acceptors (Lipinski definition) is 5. The Morgan fingerprint density at radius 3 is 2.15 bits per heavy atom. The first-order valence-electron chi connectivity index (χ1n) is 10.4. The molecule has 27 heavy (non-hydrogen) atoms. The van der Waals surface area contributed by atoms with Crippen LogP contribution in [0.2, 0.25) is 0 Å². The van der Waals surface area contributed by atoms with Crippen molar-refractivity contribution in [1.82, 2.24) is 9.80 Å². The number of ether oxygens (including phenoxy) is 1. The quantitative estimate of drug-likeness (QED) is 0.300. The lowest BCUT2D eigenvalue weighted by Gasteiger charge is -2.30. The minimum absolute atomic E-state index is 0.151. The summed E-state index contributed by atoms with van der Waals surface area (Å²) >= 11 is 0. The number of rotatable bonds is 14. The topological polar surface area (TPSA) is 58.8 Å². The number of carbonyl (C=O) groups excluding carboxylic acids is 1. The van der Waals surface area contributed by atoms with Crippen molar-refractivity contribution in [3.63, 3.8) is 0 Å². The first kappa shape index (κ1) is 23.4. The van der Waals surface area contributed by atoms with Crippen molar-refractivity contribution in [1.29, 1.82) is 0 Å². The van der Waals surface area contributed by atoms with Crippen LogP contribution < -0.4 is 5.73 Å². The molecule has 0 aliphatic carbocycles. The van der Waals surface area contributed by atoms with E-state index in [1.807, 2.05) is 12.1 Å². The van der Waals surface area contributed by atoms with Crippen molar-refractivity contribution in [2.45, 2.75) is 58.9 Å². The molecule has 0 amide bonds. The number of nitrogens with two attached hydrogens (primary N) is 1. The fourth-order valence-electron chi connectivity index (χ4n) is 3.44. The normalized spacial score (nSPS) is 12.5. The zero-order valence-corrected chi connectivity index (χ0v) is 17.7. The molecule has 0 aliphatic heterocycles. The molecule has 5 nitrogen and oxygen atoms in total. The molecule has 0 heterocycles. The van der Waals surface area contributed by atoms with Crippen LogP contribution in [0.25, 0.3) is 0 Å². The van der Waals surface area contributed by atoms with Crippen molar-refractivity contribution in [2.24, 2.45) is 0 Å². The zero-order chi connectivity index (χ0) is 20.1. The van der Waals surface area contributed by atoms with Gasteiger partial charge in [0.2, 0.25) is 0 Å². The van der Waals surface area contributed by atoms with Crippen LogP contribution in [0.3, 0.4) is 0 Å². The van der Waals surface area contributed by atoms with Gasteiger partial charge in [0.05, 0.1) is 13.5 Å². The predicted octanol–water partition coefficient (Wildman–Crippen LogP) is 4.10. The lowest BCUT2D eigenvalue weighted by Crippen LogP contribution is -2.32. The van der Waals surface area contributed by atoms with E-state index in [0.29, 0.717) is 13.0 Å². The molecule has 0 radical (unpaired) electrons. The van der Waals surface area contributed by atoms with Gasteiger partial charge >= 0.3 is 5.97 Å². The molecular weight excluding hydrogens is 338 g/mol. The maximum absolute atomic E-state index is 11.6. The number of methoxy groups -OCH3 is 1. The lowest BCUT2D eigenvalue weighted by atomic mass is 10.1. The van der Waals surface area contributed by atoms with Crippen LogP contribution in [-0.4, -0.2) is 55.6 Å². The Hall–Kier alpha value is -1.59. The van der Waals surface area contributed by atoms with E-state index in [4.69, 9.17) is 10.5 Å². The number of nitrogens with zero attached hydrogens (tertiary/aromatic N) is 2. The highest BCUT2D eigenvalue weighted by atomic mass is 16.5. The molecule has 5 heteroatoms. The average molecular weight is 378 g/mol. The second-order valence-corrected chi connectivity index (χ2v) is 7.25. The van der Waals surface area contributed by atoms with Gasteiger partial charge in [-0.05, 0) is 76.5 Å². The molecule has 0 saturated heterocycles. The van der Waals surface area contributed by atoms with Gasteiger partial charge in [0.15, 0.2) is 0 Å². The SMILES string of the molecule is CCCN(CCC)CCCCN(CCC(=O)OC)C(C)c1ccc(N)cc1. The highest BCUT2D eigenvalue weighted by molar-refractivity contribution is 5.69. The molecule has 0 fully saturated rings. The van der Waals surface area contributed by atoms with Crippen molar-refractivity contribution in [2.75, 3.05) is 45.6 Å². The summed E-state index contributed by atoms with van der Waals surface area (Å²) in [7, 11) is 1.45. The Labute approximate surface area is 165 Å². The Kier molecular flexibility index (Phi) is 11.8. The van der Waals surface area contributed by atoms with Crippen molar-refractivity contribution in [3.8, 4) is 0 Å². The molecule has 1 aromatic carbocycles. The summed E-state index contributed by atoms with van der Waals surface area (Å²) in [5.41, 5.74) is 7.82. The second-order valence-electron chi connectivity index (χ2n) is 7.25. The number of benzene rings is 1. The molecule has 0 aromatic heterocycles. The van der Waals surface area contributed by atoms with E-state index in [-0.39, 0.29) is 12.0 Å². The Balaban J connectivity index is 2.60. The summed E-state index contributed by atoms with van der Waals surface area (Å²) in [6.45, 7) is 11.9. The molecule has 0 aliphatic rings. The molecule has 0 bridgehead atoms. The van der Waals surface area contributed by atoms with E-state index in [1.165, 1.54) is 45.0 Å². The number of carbonyl (C=O) groups is 1. The van der Waals surface area contributed by atoms with Gasteiger partial charge in [-0.15, -0.1) is 0 Å². The minimum Gasteiger partial charge on any atom is -0.469 e. The largest absolute Gasteiger partial charge is 0.469 e. The summed E-state index contributed by atoms with van der Waals surface area (Å²) < 4.78 is 4.82. The third kappa shape index (κ3) is 9.25. The summed E-state index contributed by atoms with van der Waals surface area (Å²) in [6.07, 6.45) is 5.15. The molecule has 0 spiro atoms. The van der Waals surface area contributed by atoms with Crippen LogP contribution in [0.15, 0.2) is 24.3 Å². The Morgan fingerprint density at radius 2 is 1.59 bits per heavy atom. The van der Waals surface area contributed by atoms with E-state index >= 15 is 0 Å². The summed E-state index contributed by atoms with van der Waals surface area (Å²) in [5, 5.41) is 0. The van der Waals surface area contributed by atoms with Crippen molar-refractivity contribution in [3.05, 3.63) is 29.8 Å². The van der Waals surface area contributed by atoms with Crippen molar-refractivity contribution >= 4 is 11.7 Å². The van der Waals surface area contributed by atoms with E-state index in [2.05, 4.69) is 42.7 Å². The van der Waals surface area contributed by atoms with Crippen LogP contribution >= 0.6 is 0 Å². The standard InChI is InChI=1S/C22H39N3O2/c1-5-14-24(15-6-2)16-7-8-17-25(18-13-22(26)27-4)19(3)20-9-11-21(23)12-10-20/h9-12,19H,5-8,13-18,23H2,1-4H3. The predicted molar refractivity (Wildman–Crippen MR) is 114 cm³/mol. The highest BCUT2D eigenvalue weighted by Gasteiger charge is 2.17. The van der Waals surface area contributed by atoms with Gasteiger partial charge in [-0.3, -0.25) is 9.69 Å². The van der Waals surface area contributed by atoms with Gasteiger partial charge in [-0.1, -0.05) is 26.0 Å². The van der Waals surface area contributed by atoms with Gasteiger partial charge in [-0.2, -0.15) is 0 Å². The lowest BCUT2D eigenvalue weighted by molar-refractivity contribution is -0.141. The molecular formula is C22H39N3O2. The molecule has 1 aromatic rings. The van der Waals surface area contributed by atoms with Crippen LogP contribution in [-0.2, 0) is 9.53 Å². The fraction of sp³-hybridized carbons (Fsp3) is 0.682. The first-order valence-corrected chi connectivity index (χ1v) is 10.4. The first-order chi connectivity index (χ1) is 13.0. The average Bonchev–Trinajstić information content (AvgIpc) is 2.67. The zero-order valence-electron chi connectivity index (χ0n) is 17.7. The summed E-state index contributed by atoms with van der Waals surface area (Å²) in [6, 6.07) is 8.29. The number of nitrogen functional groups attached to an aromatic ring is 1. The second kappa shape index (κ2) is 13.6. The van der Waals surface area contributed by atoms with Crippen LogP contribution in [0, 0.1) is 0 Å². The molecule has 154 valence electrons. The fourth-order valence-corrected chi connectivity index (χ4v) is 3.44. The third-order valence-corrected chi connectivity index (χ3v) is 5.05. The minimum atomic E-state index is -0.151. The smallest absolute Gasteiger partial charge is 0.306 e. The Bertz CT molecular complexity index is 513. The third-order valence-electron chi connectivity index (χ3n) is 5.05. The van der Waals surface area contributed by atoms with Crippen molar-refractivity contribution < 1.29 is 9.53 Å². The molecule has 1 atom stereocenters. The monoisotopic (exact) mass is 377 g/mol. The van der Waals surface area contributed by atoms with Crippen LogP contribution in [0.1, 0.15) is 64.5 Å². The van der Waals surface area contributed by atoms with E-state index in [9.17, 15) is 4.79 Å². The number of esters is 1. The van der Waals surface area contributed by atoms with Crippen LogP contribution in [0.5, 0.6) is 0 Å². The molecule has 0 saturated carbocycles. The number of anilines is 1. The maximum Gasteiger partial charge on any atom is 0.306 e. The maximum atomic E-state index is 11.6. The van der Waals surface area contributed by atoms with Gasteiger partial charge in [0.1, 0.15) is 0 Å². The van der Waals surface area contributed by atoms with Gasteiger partial charge < -0.3 is 15.4 Å². The van der Waals surface area contributed by atoms with Gasteiger partial charge in [-0.25, -0.2) is 0 Å². The van der Waals surface area contributed by atoms with E-state index < -0.39 is 0 Å². The molecule has 2 N–H and O–H groups in total. The Morgan fingerprint density at radius 1 is 1.00 bits per heavy atom. The summed E-state index contributed by atoms with van der Waals surface area (Å²) in [5.74, 6) is -0.151. The highest BCUT2D eigenvalue weighted by Crippen LogP contribution is 2.22. The molecule has 1 unspecified atom stereocenters. The van der Waals surface area contributed by atoms with E-state index in [0.717, 1.165) is 25.2 Å².